The molecule has 3 aromatic carbocycles. The van der Waals surface area contributed by atoms with E-state index >= 15 is 0 Å². The summed E-state index contributed by atoms with van der Waals surface area (Å²) in [7, 11) is 0. The Balaban J connectivity index is 1.60. The van der Waals surface area contributed by atoms with Crippen LogP contribution in [0.1, 0.15) is 21.5 Å². The molecule has 5 nitrogen and oxygen atoms in total. The molecule has 0 radical (unpaired) electrons. The first-order valence-corrected chi connectivity index (χ1v) is 11.1. The molecule has 0 unspecified atom stereocenters. The smallest absolute Gasteiger partial charge is 0.343 e. The van der Waals surface area contributed by atoms with E-state index in [0.29, 0.717) is 15.6 Å². The number of imide groups is 1. The van der Waals surface area contributed by atoms with Crippen molar-refractivity contribution in [1.82, 2.24) is 4.90 Å². The average molecular weight is 512 g/mol. The van der Waals surface area contributed by atoms with Crippen molar-refractivity contribution in [3.05, 3.63) is 105 Å². The molecule has 0 atom stereocenters. The lowest BCUT2D eigenvalue weighted by Crippen LogP contribution is -2.27. The van der Waals surface area contributed by atoms with Crippen molar-refractivity contribution in [3.63, 3.8) is 0 Å². The van der Waals surface area contributed by atoms with Gasteiger partial charge in [0.25, 0.3) is 11.1 Å². The van der Waals surface area contributed by atoms with Crippen LogP contribution in [0.25, 0.3) is 6.08 Å². The molecule has 1 fully saturated rings. The fraction of sp³-hybridized carbons (Fsp3) is 0.0417. The van der Waals surface area contributed by atoms with Crippen molar-refractivity contribution in [2.45, 2.75) is 6.54 Å². The molecule has 3 aromatic rings. The Morgan fingerprint density at radius 1 is 1.03 bits per heavy atom. The number of amides is 2. The van der Waals surface area contributed by atoms with Gasteiger partial charge in [0, 0.05) is 15.6 Å². The van der Waals surface area contributed by atoms with E-state index in [4.69, 9.17) is 4.74 Å². The number of thioether (sulfide) groups is 1. The summed E-state index contributed by atoms with van der Waals surface area (Å²) in [6, 6.07) is 19.5. The van der Waals surface area contributed by atoms with Gasteiger partial charge in [0.15, 0.2) is 0 Å². The summed E-state index contributed by atoms with van der Waals surface area (Å²) < 4.78 is 20.2. The molecule has 0 bridgehead atoms. The molecule has 0 saturated carbocycles. The van der Waals surface area contributed by atoms with Gasteiger partial charge in [-0.25, -0.2) is 9.18 Å². The number of carbonyl (C=O) groups excluding carboxylic acids is 3. The largest absolute Gasteiger partial charge is 0.422 e. The second kappa shape index (κ2) is 9.50. The second-order valence-corrected chi connectivity index (χ2v) is 8.71. The maximum Gasteiger partial charge on any atom is 0.343 e. The Kier molecular flexibility index (Phi) is 6.53. The van der Waals surface area contributed by atoms with Crippen LogP contribution in [-0.2, 0) is 11.3 Å². The highest BCUT2D eigenvalue weighted by Gasteiger charge is 2.35. The highest BCUT2D eigenvalue weighted by molar-refractivity contribution is 9.10. The van der Waals surface area contributed by atoms with Crippen molar-refractivity contribution in [1.29, 1.82) is 0 Å². The number of carbonyl (C=O) groups is 3. The maximum absolute atomic E-state index is 14.0. The summed E-state index contributed by atoms with van der Waals surface area (Å²) in [5.41, 5.74) is 1.07. The van der Waals surface area contributed by atoms with Crippen LogP contribution < -0.4 is 4.74 Å². The lowest BCUT2D eigenvalue weighted by atomic mass is 10.1. The molecular formula is C24H15BrFNO4S. The molecule has 8 heteroatoms. The van der Waals surface area contributed by atoms with Crippen LogP contribution >= 0.6 is 27.7 Å². The Morgan fingerprint density at radius 2 is 1.75 bits per heavy atom. The Bertz CT molecular complexity index is 1250. The van der Waals surface area contributed by atoms with Crippen LogP contribution in [0.15, 0.2) is 82.2 Å². The standard InChI is InChI=1S/C24H15BrFNO4S/c25-18-10-11-20(31-23(29)15-6-2-1-3-7-15)17(12-18)13-21-22(28)27(24(30)32-21)14-16-8-4-5-9-19(16)26/h1-13H,14H2/b21-13-. The van der Waals surface area contributed by atoms with Gasteiger partial charge in [-0.3, -0.25) is 14.5 Å². The number of hydrogen-bond donors (Lipinski definition) is 0. The first-order valence-electron chi connectivity index (χ1n) is 9.48. The van der Waals surface area contributed by atoms with Crippen LogP contribution in [0.5, 0.6) is 5.75 Å². The van der Waals surface area contributed by atoms with Crippen molar-refractivity contribution in [3.8, 4) is 5.75 Å². The van der Waals surface area contributed by atoms with Crippen molar-refractivity contribution >= 4 is 50.9 Å². The van der Waals surface area contributed by atoms with Crippen LogP contribution in [0.2, 0.25) is 0 Å². The fourth-order valence-electron chi connectivity index (χ4n) is 3.03. The van der Waals surface area contributed by atoms with Gasteiger partial charge in [0.05, 0.1) is 17.0 Å². The average Bonchev–Trinajstić information content (AvgIpc) is 3.05. The highest BCUT2D eigenvalue weighted by atomic mass is 79.9. The van der Waals surface area contributed by atoms with E-state index < -0.39 is 22.9 Å². The monoisotopic (exact) mass is 511 g/mol. The van der Waals surface area contributed by atoms with Crippen molar-refractivity contribution in [2.75, 3.05) is 0 Å². The number of nitrogens with zero attached hydrogens (tertiary/aromatic N) is 1. The fourth-order valence-corrected chi connectivity index (χ4v) is 4.24. The molecule has 0 aliphatic carbocycles. The number of benzene rings is 3. The zero-order chi connectivity index (χ0) is 22.7. The van der Waals surface area contributed by atoms with E-state index in [2.05, 4.69) is 15.9 Å². The number of ether oxygens (including phenoxy) is 1. The molecule has 32 heavy (non-hydrogen) atoms. The maximum atomic E-state index is 14.0. The van der Waals surface area contributed by atoms with Crippen LogP contribution in [0, 0.1) is 5.82 Å². The Labute approximate surface area is 196 Å². The quantitative estimate of drug-likeness (QED) is 0.237. The molecule has 2 amide bonds. The van der Waals surface area contributed by atoms with E-state index in [1.807, 2.05) is 0 Å². The minimum Gasteiger partial charge on any atom is -0.422 e. The van der Waals surface area contributed by atoms with Gasteiger partial charge in [-0.15, -0.1) is 0 Å². The van der Waals surface area contributed by atoms with Gasteiger partial charge in [-0.1, -0.05) is 52.3 Å². The topological polar surface area (TPSA) is 63.7 Å². The van der Waals surface area contributed by atoms with Crippen molar-refractivity contribution < 1.29 is 23.5 Å². The van der Waals surface area contributed by atoms with E-state index in [0.717, 1.165) is 16.7 Å². The van der Waals surface area contributed by atoms with Crippen LogP contribution in [0.4, 0.5) is 9.18 Å². The lowest BCUT2D eigenvalue weighted by molar-refractivity contribution is -0.123. The highest BCUT2D eigenvalue weighted by Crippen LogP contribution is 2.36. The number of esters is 1. The van der Waals surface area contributed by atoms with Crippen molar-refractivity contribution in [2.24, 2.45) is 0 Å². The van der Waals surface area contributed by atoms with Gasteiger partial charge in [-0.2, -0.15) is 0 Å². The zero-order valence-corrected chi connectivity index (χ0v) is 18.9. The van der Waals surface area contributed by atoms with E-state index in [1.165, 1.54) is 24.3 Å². The molecule has 0 N–H and O–H groups in total. The second-order valence-electron chi connectivity index (χ2n) is 6.80. The SMILES string of the molecule is O=C(Oc1ccc(Br)cc1/C=C1\SC(=O)N(Cc2ccccc2F)C1=O)c1ccccc1. The third-order valence-electron chi connectivity index (χ3n) is 4.63. The van der Waals surface area contributed by atoms with E-state index in [9.17, 15) is 18.8 Å². The molecule has 1 heterocycles. The molecule has 160 valence electrons. The van der Waals surface area contributed by atoms with Gasteiger partial charge < -0.3 is 4.74 Å². The summed E-state index contributed by atoms with van der Waals surface area (Å²) in [5.74, 6) is -1.33. The normalized spacial score (nSPS) is 14.8. The summed E-state index contributed by atoms with van der Waals surface area (Å²) in [6.45, 7) is -0.164. The number of hydrogen-bond acceptors (Lipinski definition) is 5. The minimum absolute atomic E-state index is 0.154. The first kappa shape index (κ1) is 22.0. The third kappa shape index (κ3) is 4.81. The predicted octanol–water partition coefficient (Wildman–Crippen LogP) is 6.04. The van der Waals surface area contributed by atoms with E-state index in [1.54, 1.807) is 54.6 Å². The molecule has 1 aliphatic rings. The summed E-state index contributed by atoms with van der Waals surface area (Å²) in [5, 5.41) is -0.498. The van der Waals surface area contributed by atoms with Crippen LogP contribution in [0.3, 0.4) is 0 Å². The van der Waals surface area contributed by atoms with Crippen LogP contribution in [-0.4, -0.2) is 22.0 Å². The zero-order valence-electron chi connectivity index (χ0n) is 16.5. The number of halogens is 2. The first-order chi connectivity index (χ1) is 15.4. The molecule has 0 spiro atoms. The Hall–Kier alpha value is -3.23. The summed E-state index contributed by atoms with van der Waals surface area (Å²) >= 11 is 4.12. The molecule has 0 aromatic heterocycles. The molecule has 4 rings (SSSR count). The predicted molar refractivity (Wildman–Crippen MR) is 123 cm³/mol. The molecule has 1 aliphatic heterocycles. The lowest BCUT2D eigenvalue weighted by Gasteiger charge is -2.13. The Morgan fingerprint density at radius 3 is 2.50 bits per heavy atom. The third-order valence-corrected chi connectivity index (χ3v) is 6.03. The van der Waals surface area contributed by atoms with Gasteiger partial charge in [-0.05, 0) is 54.2 Å². The van der Waals surface area contributed by atoms with Gasteiger partial charge >= 0.3 is 5.97 Å². The summed E-state index contributed by atoms with van der Waals surface area (Å²) in [4.78, 5) is 38.9. The number of rotatable bonds is 5. The van der Waals surface area contributed by atoms with Gasteiger partial charge in [0.1, 0.15) is 11.6 Å². The molecule has 1 saturated heterocycles. The van der Waals surface area contributed by atoms with Gasteiger partial charge in [0.2, 0.25) is 0 Å². The minimum atomic E-state index is -0.546. The van der Waals surface area contributed by atoms with E-state index in [-0.39, 0.29) is 22.8 Å². The summed E-state index contributed by atoms with van der Waals surface area (Å²) in [6.07, 6.45) is 1.49. The molecular weight excluding hydrogens is 497 g/mol.